The van der Waals surface area contributed by atoms with E-state index in [1.807, 2.05) is 13.8 Å². The van der Waals surface area contributed by atoms with Gasteiger partial charge in [-0.1, -0.05) is 29.8 Å². The maximum Gasteiger partial charge on any atom is 0.573 e. The van der Waals surface area contributed by atoms with E-state index >= 15 is 0 Å². The molecule has 100 valence electrons. The summed E-state index contributed by atoms with van der Waals surface area (Å²) in [6, 6.07) is 6.16. The lowest BCUT2D eigenvalue weighted by Crippen LogP contribution is -2.22. The van der Waals surface area contributed by atoms with Gasteiger partial charge in [0.2, 0.25) is 0 Å². The van der Waals surface area contributed by atoms with Crippen LogP contribution in [0, 0.1) is 0 Å². The van der Waals surface area contributed by atoms with E-state index in [1.54, 1.807) is 25.3 Å². The van der Waals surface area contributed by atoms with Crippen LogP contribution in [0.1, 0.15) is 19.4 Å². The summed E-state index contributed by atoms with van der Waals surface area (Å²) in [5.41, 5.74) is 1.34. The Labute approximate surface area is 104 Å². The summed E-state index contributed by atoms with van der Waals surface area (Å²) in [4.78, 5) is 0. The Morgan fingerprint density at radius 2 is 1.94 bits per heavy atom. The van der Waals surface area contributed by atoms with E-state index in [2.05, 4.69) is 10.1 Å². The lowest BCUT2D eigenvalue weighted by atomic mass is 10.1. The van der Waals surface area contributed by atoms with Crippen LogP contribution >= 0.6 is 0 Å². The van der Waals surface area contributed by atoms with Gasteiger partial charge in [-0.25, -0.2) is 0 Å². The third-order valence-electron chi connectivity index (χ3n) is 2.64. The number of para-hydroxylation sites is 1. The Kier molecular flexibility index (Phi) is 4.78. The third-order valence-corrected chi connectivity index (χ3v) is 2.64. The van der Waals surface area contributed by atoms with E-state index in [0.29, 0.717) is 5.56 Å². The van der Waals surface area contributed by atoms with E-state index in [1.165, 1.54) is 12.1 Å². The average molecular weight is 259 g/mol. The summed E-state index contributed by atoms with van der Waals surface area (Å²) in [5.74, 6) is -0.187. The second-order valence-electron chi connectivity index (χ2n) is 3.98. The molecule has 2 nitrogen and oxygen atoms in total. The maximum atomic E-state index is 12.2. The number of hydrogen-bond donors (Lipinski definition) is 1. The Balaban J connectivity index is 3.02. The maximum absolute atomic E-state index is 12.2. The van der Waals surface area contributed by atoms with Gasteiger partial charge in [0.1, 0.15) is 5.75 Å². The van der Waals surface area contributed by atoms with Crippen molar-refractivity contribution in [2.45, 2.75) is 26.3 Å². The minimum absolute atomic E-state index is 0.0870. The smallest absolute Gasteiger partial charge is 0.405 e. The summed E-state index contributed by atoms with van der Waals surface area (Å²) in [7, 11) is 1.79. The van der Waals surface area contributed by atoms with Crippen molar-refractivity contribution in [3.63, 3.8) is 0 Å². The second-order valence-corrected chi connectivity index (χ2v) is 3.98. The van der Waals surface area contributed by atoms with Crippen LogP contribution in [0.3, 0.4) is 0 Å². The van der Waals surface area contributed by atoms with Crippen LogP contribution < -0.4 is 10.1 Å². The third kappa shape index (κ3) is 4.41. The first-order valence-electron chi connectivity index (χ1n) is 5.53. The summed E-state index contributed by atoms with van der Waals surface area (Å²) < 4.78 is 40.7. The fourth-order valence-electron chi connectivity index (χ4n) is 1.42. The van der Waals surface area contributed by atoms with Crippen LogP contribution in [0.2, 0.25) is 0 Å². The Morgan fingerprint density at radius 1 is 1.33 bits per heavy atom. The minimum Gasteiger partial charge on any atom is -0.405 e. The molecule has 0 aliphatic heterocycles. The van der Waals surface area contributed by atoms with Crippen LogP contribution in [0.4, 0.5) is 13.2 Å². The number of halogens is 3. The van der Waals surface area contributed by atoms with Gasteiger partial charge in [-0.05, 0) is 27.0 Å². The van der Waals surface area contributed by atoms with Gasteiger partial charge in [-0.2, -0.15) is 0 Å². The largest absolute Gasteiger partial charge is 0.573 e. The van der Waals surface area contributed by atoms with Crippen molar-refractivity contribution >= 4 is 6.08 Å². The summed E-state index contributed by atoms with van der Waals surface area (Å²) in [6.45, 7) is 3.78. The normalized spacial score (nSPS) is 14.4. The summed E-state index contributed by atoms with van der Waals surface area (Å²) >= 11 is 0. The zero-order chi connectivity index (χ0) is 13.8. The van der Waals surface area contributed by atoms with Gasteiger partial charge < -0.3 is 10.1 Å². The molecule has 0 aromatic heterocycles. The number of benzene rings is 1. The van der Waals surface area contributed by atoms with Crippen molar-refractivity contribution in [2.75, 3.05) is 7.05 Å². The fourth-order valence-corrected chi connectivity index (χ4v) is 1.42. The van der Waals surface area contributed by atoms with Crippen molar-refractivity contribution in [1.82, 2.24) is 5.32 Å². The molecule has 1 rings (SSSR count). The molecule has 0 bridgehead atoms. The van der Waals surface area contributed by atoms with Crippen molar-refractivity contribution in [3.8, 4) is 5.75 Å². The molecule has 0 saturated carbocycles. The SMILES string of the molecule is CNC(C)/C(C)=C/c1ccccc1OC(F)(F)F. The molecule has 0 saturated heterocycles. The van der Waals surface area contributed by atoms with Crippen LogP contribution in [0.5, 0.6) is 5.75 Å². The number of alkyl halides is 3. The van der Waals surface area contributed by atoms with Crippen molar-refractivity contribution < 1.29 is 17.9 Å². The molecule has 18 heavy (non-hydrogen) atoms. The van der Waals surface area contributed by atoms with Gasteiger partial charge in [0.25, 0.3) is 0 Å². The van der Waals surface area contributed by atoms with Gasteiger partial charge in [0.05, 0.1) is 0 Å². The minimum atomic E-state index is -4.67. The molecule has 0 heterocycles. The Hall–Kier alpha value is -1.49. The molecule has 0 spiro atoms. The lowest BCUT2D eigenvalue weighted by Gasteiger charge is -2.14. The average Bonchev–Trinajstić information content (AvgIpc) is 2.28. The van der Waals surface area contributed by atoms with Crippen molar-refractivity contribution in [3.05, 3.63) is 35.4 Å². The molecule has 1 unspecified atom stereocenters. The molecular weight excluding hydrogens is 243 g/mol. The molecule has 0 amide bonds. The molecule has 0 radical (unpaired) electrons. The highest BCUT2D eigenvalue weighted by molar-refractivity contribution is 5.60. The van der Waals surface area contributed by atoms with E-state index in [4.69, 9.17) is 0 Å². The van der Waals surface area contributed by atoms with Gasteiger partial charge in [-0.15, -0.1) is 13.2 Å². The van der Waals surface area contributed by atoms with E-state index in [9.17, 15) is 13.2 Å². The van der Waals surface area contributed by atoms with E-state index in [-0.39, 0.29) is 11.8 Å². The summed E-state index contributed by atoms with van der Waals surface area (Å²) in [5, 5.41) is 3.02. The van der Waals surface area contributed by atoms with Crippen molar-refractivity contribution in [1.29, 1.82) is 0 Å². The van der Waals surface area contributed by atoms with Crippen molar-refractivity contribution in [2.24, 2.45) is 0 Å². The summed E-state index contributed by atoms with van der Waals surface area (Å²) in [6.07, 6.45) is -2.99. The molecular formula is C13H16F3NO. The Morgan fingerprint density at radius 3 is 2.50 bits per heavy atom. The van der Waals surface area contributed by atoms with Crippen LogP contribution in [-0.4, -0.2) is 19.5 Å². The zero-order valence-electron chi connectivity index (χ0n) is 10.5. The fraction of sp³-hybridized carbons (Fsp3) is 0.385. The van der Waals surface area contributed by atoms with Gasteiger partial charge in [-0.3, -0.25) is 0 Å². The first-order valence-corrected chi connectivity index (χ1v) is 5.53. The van der Waals surface area contributed by atoms with E-state index in [0.717, 1.165) is 5.57 Å². The standard InChI is InChI=1S/C13H16F3NO/c1-9(10(2)17-3)8-11-6-4-5-7-12(11)18-13(14,15)16/h4-8,10,17H,1-3H3/b9-8+. The number of likely N-dealkylation sites (N-methyl/N-ethyl adjacent to an activating group) is 1. The molecule has 1 aromatic rings. The molecule has 1 N–H and O–H groups in total. The van der Waals surface area contributed by atoms with E-state index < -0.39 is 6.36 Å². The highest BCUT2D eigenvalue weighted by atomic mass is 19.4. The second kappa shape index (κ2) is 5.91. The van der Waals surface area contributed by atoms with Crippen LogP contribution in [0.25, 0.3) is 6.08 Å². The molecule has 0 aliphatic carbocycles. The highest BCUT2D eigenvalue weighted by Gasteiger charge is 2.31. The number of ether oxygens (including phenoxy) is 1. The highest BCUT2D eigenvalue weighted by Crippen LogP contribution is 2.27. The number of hydrogen-bond acceptors (Lipinski definition) is 2. The van der Waals surface area contributed by atoms with Gasteiger partial charge in [0, 0.05) is 11.6 Å². The first kappa shape index (κ1) is 14.6. The first-order chi connectivity index (χ1) is 8.33. The molecule has 1 atom stereocenters. The monoisotopic (exact) mass is 259 g/mol. The predicted octanol–water partition coefficient (Wildman–Crippen LogP) is 3.60. The zero-order valence-corrected chi connectivity index (χ0v) is 10.5. The number of rotatable bonds is 4. The predicted molar refractivity (Wildman–Crippen MR) is 65.3 cm³/mol. The topological polar surface area (TPSA) is 21.3 Å². The molecule has 5 heteroatoms. The van der Waals surface area contributed by atoms with Gasteiger partial charge in [0.15, 0.2) is 0 Å². The van der Waals surface area contributed by atoms with Crippen LogP contribution in [0.15, 0.2) is 29.8 Å². The number of nitrogens with one attached hydrogen (secondary N) is 1. The molecule has 0 aliphatic rings. The molecule has 0 fully saturated rings. The lowest BCUT2D eigenvalue weighted by molar-refractivity contribution is -0.274. The van der Waals surface area contributed by atoms with Crippen LogP contribution in [-0.2, 0) is 0 Å². The quantitative estimate of drug-likeness (QED) is 0.892. The Bertz CT molecular complexity index is 426. The molecule has 1 aromatic carbocycles. The van der Waals surface area contributed by atoms with Gasteiger partial charge >= 0.3 is 6.36 Å².